The maximum atomic E-state index is 12.8. The molecular formula is C13H12N6O2S3. The van der Waals surface area contributed by atoms with Crippen LogP contribution >= 0.6 is 22.7 Å². The molecule has 4 heterocycles. The predicted molar refractivity (Wildman–Crippen MR) is 96.1 cm³/mol. The first kappa shape index (κ1) is 15.6. The Kier molecular flexibility index (Phi) is 3.60. The van der Waals surface area contributed by atoms with Crippen LogP contribution in [0.5, 0.6) is 0 Å². The Morgan fingerprint density at radius 2 is 2.21 bits per heavy atom. The molecule has 0 saturated carbocycles. The number of nitrogens with zero attached hydrogens (tertiary/aromatic N) is 5. The quantitative estimate of drug-likeness (QED) is 0.534. The first-order chi connectivity index (χ1) is 11.5. The zero-order chi connectivity index (χ0) is 17.0. The van der Waals surface area contributed by atoms with E-state index in [4.69, 9.17) is 5.73 Å². The first-order valence-electron chi connectivity index (χ1n) is 6.84. The lowest BCUT2D eigenvalue weighted by Gasteiger charge is -2.03. The van der Waals surface area contributed by atoms with Crippen LogP contribution in [0, 0.1) is 0 Å². The van der Waals surface area contributed by atoms with Gasteiger partial charge in [-0.3, -0.25) is 4.79 Å². The maximum Gasteiger partial charge on any atom is 0.303 e. The summed E-state index contributed by atoms with van der Waals surface area (Å²) in [5.74, 6) is 0. The van der Waals surface area contributed by atoms with Crippen molar-refractivity contribution in [2.24, 2.45) is 7.05 Å². The maximum absolute atomic E-state index is 12.8. The average molecular weight is 380 g/mol. The van der Waals surface area contributed by atoms with Crippen molar-refractivity contribution in [1.82, 2.24) is 24.3 Å². The molecule has 0 spiro atoms. The Balaban J connectivity index is 1.89. The SMILES string of the molecule is Cn1c2nc([S+](C)[O-])sc2c2cnn(Cc3csc(N)n3)c(=O)c21. The third-order valence-electron chi connectivity index (χ3n) is 3.63. The van der Waals surface area contributed by atoms with Gasteiger partial charge < -0.3 is 14.9 Å². The number of anilines is 1. The summed E-state index contributed by atoms with van der Waals surface area (Å²) < 4.78 is 16.1. The summed E-state index contributed by atoms with van der Waals surface area (Å²) in [6, 6.07) is 0. The number of aromatic nitrogens is 5. The standard InChI is InChI=1S/C13H12N6O2S3/c1-18-8-7(9-10(18)17-13(23-9)24(2)21)3-15-19(11(8)20)4-6-5-22-12(14)16-6/h3,5H,4H2,1-2H3,(H2,14,16). The molecular weight excluding hydrogens is 368 g/mol. The average Bonchev–Trinajstić information content (AvgIpc) is 3.20. The van der Waals surface area contributed by atoms with Crippen LogP contribution in [-0.2, 0) is 24.8 Å². The summed E-state index contributed by atoms with van der Waals surface area (Å²) in [6.45, 7) is 0.263. The molecule has 0 aromatic carbocycles. The van der Waals surface area contributed by atoms with Gasteiger partial charge in [0.2, 0.25) is 0 Å². The second-order valence-corrected chi connectivity index (χ2v) is 8.63. The highest BCUT2D eigenvalue weighted by molar-refractivity contribution is 7.92. The van der Waals surface area contributed by atoms with Gasteiger partial charge >= 0.3 is 4.34 Å². The van der Waals surface area contributed by atoms with Crippen LogP contribution in [0.15, 0.2) is 20.7 Å². The van der Waals surface area contributed by atoms with E-state index < -0.39 is 11.2 Å². The van der Waals surface area contributed by atoms with Crippen molar-refractivity contribution in [2.45, 2.75) is 10.9 Å². The normalized spacial score (nSPS) is 13.1. The fraction of sp³-hybridized carbons (Fsp3) is 0.231. The van der Waals surface area contributed by atoms with Gasteiger partial charge in [0.15, 0.2) is 10.8 Å². The minimum atomic E-state index is -1.15. The van der Waals surface area contributed by atoms with E-state index in [1.165, 1.54) is 27.4 Å². The second kappa shape index (κ2) is 5.55. The van der Waals surface area contributed by atoms with Crippen molar-refractivity contribution in [2.75, 3.05) is 12.0 Å². The van der Waals surface area contributed by atoms with Gasteiger partial charge in [0.25, 0.3) is 5.56 Å². The Hall–Kier alpha value is -1.95. The van der Waals surface area contributed by atoms with Crippen LogP contribution < -0.4 is 11.3 Å². The second-order valence-electron chi connectivity index (χ2n) is 5.19. The van der Waals surface area contributed by atoms with Crippen LogP contribution in [0.2, 0.25) is 0 Å². The predicted octanol–water partition coefficient (Wildman–Crippen LogP) is 1.17. The molecule has 4 rings (SSSR count). The molecule has 1 atom stereocenters. The largest absolute Gasteiger partial charge is 0.610 e. The van der Waals surface area contributed by atoms with E-state index >= 15 is 0 Å². The van der Waals surface area contributed by atoms with Crippen molar-refractivity contribution in [1.29, 1.82) is 0 Å². The number of rotatable bonds is 3. The molecule has 24 heavy (non-hydrogen) atoms. The Morgan fingerprint density at radius 1 is 1.42 bits per heavy atom. The molecule has 124 valence electrons. The third kappa shape index (κ3) is 2.32. The number of aryl methyl sites for hydroxylation is 1. The zero-order valence-corrected chi connectivity index (χ0v) is 15.2. The lowest BCUT2D eigenvalue weighted by atomic mass is 10.3. The van der Waals surface area contributed by atoms with E-state index in [1.807, 2.05) is 5.38 Å². The first-order valence-corrected chi connectivity index (χ1v) is 10.1. The van der Waals surface area contributed by atoms with Gasteiger partial charge in [0, 0.05) is 29.0 Å². The van der Waals surface area contributed by atoms with E-state index in [1.54, 1.807) is 24.1 Å². The van der Waals surface area contributed by atoms with Crippen LogP contribution in [-0.4, -0.2) is 35.1 Å². The fourth-order valence-corrected chi connectivity index (χ4v) is 4.88. The number of hydrogen-bond acceptors (Lipinski definition) is 8. The van der Waals surface area contributed by atoms with Crippen LogP contribution in [0.4, 0.5) is 5.13 Å². The van der Waals surface area contributed by atoms with Gasteiger partial charge in [-0.1, -0.05) is 11.3 Å². The fourth-order valence-electron chi connectivity index (χ4n) is 2.55. The zero-order valence-electron chi connectivity index (χ0n) is 12.7. The number of hydrogen-bond donors (Lipinski definition) is 1. The van der Waals surface area contributed by atoms with Gasteiger partial charge in [-0.15, -0.1) is 11.3 Å². The van der Waals surface area contributed by atoms with E-state index in [9.17, 15) is 9.35 Å². The van der Waals surface area contributed by atoms with Crippen molar-refractivity contribution in [3.8, 4) is 0 Å². The van der Waals surface area contributed by atoms with Gasteiger partial charge in [0.05, 0.1) is 23.1 Å². The molecule has 0 amide bonds. The van der Waals surface area contributed by atoms with Gasteiger partial charge in [0.1, 0.15) is 11.8 Å². The van der Waals surface area contributed by atoms with E-state index in [0.29, 0.717) is 26.3 Å². The molecule has 0 radical (unpaired) electrons. The van der Waals surface area contributed by atoms with Crippen molar-refractivity contribution < 1.29 is 4.55 Å². The molecule has 0 aliphatic carbocycles. The summed E-state index contributed by atoms with van der Waals surface area (Å²) >= 11 is 1.50. The molecule has 4 aromatic rings. The van der Waals surface area contributed by atoms with Crippen molar-refractivity contribution >= 4 is 60.2 Å². The highest BCUT2D eigenvalue weighted by Gasteiger charge is 2.21. The highest BCUT2D eigenvalue weighted by Crippen LogP contribution is 2.32. The smallest absolute Gasteiger partial charge is 0.303 e. The number of fused-ring (bicyclic) bond motifs is 3. The monoisotopic (exact) mass is 380 g/mol. The molecule has 0 saturated heterocycles. The molecule has 4 aromatic heterocycles. The third-order valence-corrected chi connectivity index (χ3v) is 6.77. The number of thiazole rings is 2. The van der Waals surface area contributed by atoms with Crippen molar-refractivity contribution in [3.63, 3.8) is 0 Å². The van der Waals surface area contributed by atoms with Gasteiger partial charge in [-0.2, -0.15) is 10.1 Å². The molecule has 0 aliphatic rings. The molecule has 11 heteroatoms. The van der Waals surface area contributed by atoms with Crippen molar-refractivity contribution in [3.05, 3.63) is 27.6 Å². The van der Waals surface area contributed by atoms with Gasteiger partial charge in [-0.05, 0) is 0 Å². The summed E-state index contributed by atoms with van der Waals surface area (Å²) in [6.07, 6.45) is 3.24. The van der Waals surface area contributed by atoms with Crippen LogP contribution in [0.3, 0.4) is 0 Å². The molecule has 0 aliphatic heterocycles. The van der Waals surface area contributed by atoms with E-state index in [0.717, 1.165) is 10.1 Å². The molecule has 0 fully saturated rings. The van der Waals surface area contributed by atoms with E-state index in [-0.39, 0.29) is 12.1 Å². The summed E-state index contributed by atoms with van der Waals surface area (Å²) in [7, 11) is 1.78. The Bertz CT molecular complexity index is 1120. The van der Waals surface area contributed by atoms with E-state index in [2.05, 4.69) is 15.1 Å². The topological polar surface area (TPSA) is 115 Å². The highest BCUT2D eigenvalue weighted by atomic mass is 32.2. The van der Waals surface area contributed by atoms with Gasteiger partial charge in [-0.25, -0.2) is 9.67 Å². The molecule has 8 nitrogen and oxygen atoms in total. The molecule has 0 bridgehead atoms. The van der Waals surface area contributed by atoms with Crippen LogP contribution in [0.25, 0.3) is 21.3 Å². The summed E-state index contributed by atoms with van der Waals surface area (Å²) in [4.78, 5) is 21.3. The molecule has 1 unspecified atom stereocenters. The minimum absolute atomic E-state index is 0.217. The Morgan fingerprint density at radius 3 is 2.88 bits per heavy atom. The molecule has 2 N–H and O–H groups in total. The lowest BCUT2D eigenvalue weighted by molar-refractivity contribution is 0.600. The summed E-state index contributed by atoms with van der Waals surface area (Å²) in [5.41, 5.74) is 7.28. The van der Waals surface area contributed by atoms with Crippen LogP contribution in [0.1, 0.15) is 5.69 Å². The number of nitrogen functional groups attached to an aromatic ring is 1. The minimum Gasteiger partial charge on any atom is -0.610 e. The summed E-state index contributed by atoms with van der Waals surface area (Å²) in [5, 5.41) is 7.24. The Labute approximate surface area is 146 Å². The number of nitrogens with two attached hydrogens (primary N) is 1. The lowest BCUT2D eigenvalue weighted by Crippen LogP contribution is -2.24.